The summed E-state index contributed by atoms with van der Waals surface area (Å²) in [7, 11) is 4.13. The molecule has 0 aliphatic heterocycles. The molecule has 0 saturated carbocycles. The fourth-order valence-corrected chi connectivity index (χ4v) is 3.77. The normalized spacial score (nSPS) is 11.4. The lowest BCUT2D eigenvalue weighted by molar-refractivity contribution is 0.262. The van der Waals surface area contributed by atoms with Gasteiger partial charge in [0.05, 0.1) is 0 Å². The van der Waals surface area contributed by atoms with E-state index >= 15 is 0 Å². The Kier molecular flexibility index (Phi) is 5.54. The van der Waals surface area contributed by atoms with Gasteiger partial charge in [0.15, 0.2) is 5.58 Å². The van der Waals surface area contributed by atoms with Crippen LogP contribution in [0.4, 0.5) is 16.2 Å². The number of nitrogens with one attached hydrogen (secondary N) is 2. The van der Waals surface area contributed by atoms with E-state index in [1.807, 2.05) is 66.7 Å². The van der Waals surface area contributed by atoms with Crippen molar-refractivity contribution in [3.05, 3.63) is 79.0 Å². The number of amides is 2. The van der Waals surface area contributed by atoms with Crippen LogP contribution in [0.15, 0.2) is 83.4 Å². The number of rotatable bonds is 6. The quantitative estimate of drug-likeness (QED) is 0.358. The van der Waals surface area contributed by atoms with Crippen molar-refractivity contribution >= 4 is 39.4 Å². The number of nitrogens with zero attached hydrogens (tertiary/aromatic N) is 3. The number of fused-ring (bicyclic) bond motifs is 2. The zero-order chi connectivity index (χ0) is 22.8. The highest BCUT2D eigenvalue weighted by molar-refractivity contribution is 6.01. The summed E-state index contributed by atoms with van der Waals surface area (Å²) >= 11 is 0. The lowest BCUT2D eigenvalue weighted by Gasteiger charge is -2.12. The maximum atomic E-state index is 12.5. The molecule has 0 saturated heterocycles. The third-order valence-corrected chi connectivity index (χ3v) is 5.50. The van der Waals surface area contributed by atoms with Gasteiger partial charge in [-0.15, -0.1) is 0 Å². The first-order valence-electron chi connectivity index (χ1n) is 10.8. The minimum absolute atomic E-state index is 0.295. The maximum Gasteiger partial charge on any atom is 0.323 e. The van der Waals surface area contributed by atoms with E-state index in [2.05, 4.69) is 51.4 Å². The summed E-state index contributed by atoms with van der Waals surface area (Å²) in [6, 6.07) is 22.8. The van der Waals surface area contributed by atoms with Crippen LogP contribution in [0.3, 0.4) is 0 Å². The molecule has 33 heavy (non-hydrogen) atoms. The molecule has 0 bridgehead atoms. The molecule has 7 nitrogen and oxygen atoms in total. The minimum Gasteiger partial charge on any atom is -0.436 e. The monoisotopic (exact) mass is 439 g/mol. The van der Waals surface area contributed by atoms with Crippen LogP contribution in [0.1, 0.15) is 0 Å². The van der Waals surface area contributed by atoms with Crippen molar-refractivity contribution in [2.45, 2.75) is 6.54 Å². The summed E-state index contributed by atoms with van der Waals surface area (Å²) in [5.41, 5.74) is 4.99. The van der Waals surface area contributed by atoms with E-state index < -0.39 is 0 Å². The smallest absolute Gasteiger partial charge is 0.323 e. The molecule has 3 aromatic carbocycles. The lowest BCUT2D eigenvalue weighted by atomic mass is 10.2. The Morgan fingerprint density at radius 3 is 2.52 bits per heavy atom. The lowest BCUT2D eigenvalue weighted by Crippen LogP contribution is -2.19. The van der Waals surface area contributed by atoms with E-state index in [9.17, 15) is 4.79 Å². The Morgan fingerprint density at radius 1 is 0.970 bits per heavy atom. The van der Waals surface area contributed by atoms with Gasteiger partial charge in [0.2, 0.25) is 5.89 Å². The topological polar surface area (TPSA) is 75.3 Å². The zero-order valence-electron chi connectivity index (χ0n) is 18.6. The zero-order valence-corrected chi connectivity index (χ0v) is 18.6. The van der Waals surface area contributed by atoms with E-state index in [1.165, 1.54) is 0 Å². The summed E-state index contributed by atoms with van der Waals surface area (Å²) in [4.78, 5) is 19.2. The molecule has 5 aromatic rings. The van der Waals surface area contributed by atoms with Crippen LogP contribution in [0.5, 0.6) is 0 Å². The molecule has 0 fully saturated rings. The van der Waals surface area contributed by atoms with Gasteiger partial charge in [0, 0.05) is 47.1 Å². The number of likely N-dealkylation sites (N-methyl/N-ethyl adjacent to an activating group) is 1. The van der Waals surface area contributed by atoms with E-state index in [0.717, 1.165) is 46.3 Å². The van der Waals surface area contributed by atoms with Crippen LogP contribution in [0.2, 0.25) is 0 Å². The molecule has 5 rings (SSSR count). The SMILES string of the molecule is CN(C)CCn1ccc2cc(NC(=O)Nc3ccc(-c4nc5ccccc5o4)cc3)ccc21. The fraction of sp³-hybridized carbons (Fsp3) is 0.154. The van der Waals surface area contributed by atoms with Crippen molar-refractivity contribution in [3.63, 3.8) is 0 Å². The molecule has 2 amide bonds. The number of carbonyl (C=O) groups excluding carboxylic acids is 1. The molecule has 0 aliphatic carbocycles. The highest BCUT2D eigenvalue weighted by Crippen LogP contribution is 2.25. The van der Waals surface area contributed by atoms with Gasteiger partial charge < -0.3 is 24.5 Å². The Bertz CT molecular complexity index is 1380. The van der Waals surface area contributed by atoms with Crippen LogP contribution < -0.4 is 10.6 Å². The second-order valence-electron chi connectivity index (χ2n) is 8.23. The van der Waals surface area contributed by atoms with E-state index in [-0.39, 0.29) is 6.03 Å². The van der Waals surface area contributed by atoms with Gasteiger partial charge in [-0.2, -0.15) is 0 Å². The molecule has 0 atom stereocenters. The number of carbonyl (C=O) groups is 1. The Morgan fingerprint density at radius 2 is 1.73 bits per heavy atom. The summed E-state index contributed by atoms with van der Waals surface area (Å²) < 4.78 is 8.02. The highest BCUT2D eigenvalue weighted by atomic mass is 16.3. The molecule has 166 valence electrons. The first-order valence-corrected chi connectivity index (χ1v) is 10.8. The maximum absolute atomic E-state index is 12.5. The van der Waals surface area contributed by atoms with Gasteiger partial charge in [-0.25, -0.2) is 9.78 Å². The first kappa shape index (κ1) is 20.8. The van der Waals surface area contributed by atoms with E-state index in [1.54, 1.807) is 0 Å². The van der Waals surface area contributed by atoms with Crippen molar-refractivity contribution in [1.29, 1.82) is 0 Å². The van der Waals surface area contributed by atoms with Crippen molar-refractivity contribution in [2.24, 2.45) is 0 Å². The molecular formula is C26H25N5O2. The van der Waals surface area contributed by atoms with Crippen LogP contribution in [-0.4, -0.2) is 41.1 Å². The van der Waals surface area contributed by atoms with Gasteiger partial charge in [-0.3, -0.25) is 0 Å². The Hall–Kier alpha value is -4.10. The fourth-order valence-electron chi connectivity index (χ4n) is 3.77. The molecular weight excluding hydrogens is 414 g/mol. The van der Waals surface area contributed by atoms with Crippen LogP contribution in [0.25, 0.3) is 33.5 Å². The third-order valence-electron chi connectivity index (χ3n) is 5.50. The van der Waals surface area contributed by atoms with Crippen LogP contribution >= 0.6 is 0 Å². The number of benzene rings is 3. The van der Waals surface area contributed by atoms with E-state index in [0.29, 0.717) is 11.6 Å². The van der Waals surface area contributed by atoms with Crippen molar-refractivity contribution < 1.29 is 9.21 Å². The number of para-hydroxylation sites is 2. The Labute approximate surface area is 191 Å². The van der Waals surface area contributed by atoms with Gasteiger partial charge in [-0.05, 0) is 74.8 Å². The third kappa shape index (κ3) is 4.58. The largest absolute Gasteiger partial charge is 0.436 e. The van der Waals surface area contributed by atoms with E-state index in [4.69, 9.17) is 4.42 Å². The predicted octanol–water partition coefficient (Wildman–Crippen LogP) is 5.66. The number of hydrogen-bond acceptors (Lipinski definition) is 4. The summed E-state index contributed by atoms with van der Waals surface area (Å²) in [5, 5.41) is 6.87. The number of hydrogen-bond donors (Lipinski definition) is 2. The standard InChI is InChI=1S/C26H25N5O2/c1-30(2)15-16-31-14-13-19-17-21(11-12-23(19)31)28-26(32)27-20-9-7-18(8-10-20)25-29-22-5-3-4-6-24(22)33-25/h3-14,17H,15-16H2,1-2H3,(H2,27,28,32). The molecule has 0 unspecified atom stereocenters. The first-order chi connectivity index (χ1) is 16.0. The minimum atomic E-state index is -0.295. The highest BCUT2D eigenvalue weighted by Gasteiger charge is 2.09. The number of anilines is 2. The van der Waals surface area contributed by atoms with Crippen LogP contribution in [-0.2, 0) is 6.54 Å². The van der Waals surface area contributed by atoms with Gasteiger partial charge in [0.25, 0.3) is 0 Å². The molecule has 0 aliphatic rings. The second kappa shape index (κ2) is 8.80. The van der Waals surface area contributed by atoms with Crippen molar-refractivity contribution in [1.82, 2.24) is 14.5 Å². The van der Waals surface area contributed by atoms with Crippen LogP contribution in [0, 0.1) is 0 Å². The summed E-state index contributed by atoms with van der Waals surface area (Å²) in [6.45, 7) is 1.89. The van der Waals surface area contributed by atoms with Gasteiger partial charge in [0.1, 0.15) is 5.52 Å². The number of urea groups is 1. The molecule has 2 N–H and O–H groups in total. The Balaban J connectivity index is 1.23. The predicted molar refractivity (Wildman–Crippen MR) is 133 cm³/mol. The molecule has 0 radical (unpaired) electrons. The number of oxazole rings is 1. The van der Waals surface area contributed by atoms with Gasteiger partial charge in [-0.1, -0.05) is 12.1 Å². The molecule has 7 heteroatoms. The number of aromatic nitrogens is 2. The molecule has 0 spiro atoms. The molecule has 2 aromatic heterocycles. The van der Waals surface area contributed by atoms with Gasteiger partial charge >= 0.3 is 6.03 Å². The van der Waals surface area contributed by atoms with Crippen molar-refractivity contribution in [2.75, 3.05) is 31.3 Å². The summed E-state index contributed by atoms with van der Waals surface area (Å²) in [5.74, 6) is 0.554. The second-order valence-corrected chi connectivity index (χ2v) is 8.23. The summed E-state index contributed by atoms with van der Waals surface area (Å²) in [6.07, 6.45) is 2.08. The molecule has 2 heterocycles. The average Bonchev–Trinajstić information content (AvgIpc) is 3.42. The van der Waals surface area contributed by atoms with Crippen molar-refractivity contribution in [3.8, 4) is 11.5 Å². The average molecular weight is 440 g/mol.